The van der Waals surface area contributed by atoms with Crippen molar-refractivity contribution in [1.82, 2.24) is 0 Å². The van der Waals surface area contributed by atoms with Crippen molar-refractivity contribution in [3.8, 4) is 12.5 Å². The van der Waals surface area contributed by atoms with Crippen molar-refractivity contribution in [3.63, 3.8) is 0 Å². The Balaban J connectivity index is 4.47. The molecule has 4 heteroatoms. The maximum atomic E-state index is 8.64. The number of ether oxygens (including phenoxy) is 2. The molecule has 0 amide bonds. The van der Waals surface area contributed by atoms with Crippen LogP contribution in [0.5, 0.6) is 0 Å². The zero-order chi connectivity index (χ0) is 13.3. The van der Waals surface area contributed by atoms with Crippen molar-refractivity contribution in [3.05, 3.63) is 0 Å². The Bertz CT molecular complexity index is 291. The Morgan fingerprint density at radius 2 is 1.88 bits per heavy atom. The van der Waals surface area contributed by atoms with Crippen molar-refractivity contribution in [2.75, 3.05) is 6.61 Å². The van der Waals surface area contributed by atoms with E-state index in [0.29, 0.717) is 12.5 Å². The van der Waals surface area contributed by atoms with Crippen LogP contribution >= 0.6 is 0 Å². The summed E-state index contributed by atoms with van der Waals surface area (Å²) < 4.78 is 9.94. The third kappa shape index (κ3) is 6.68. The van der Waals surface area contributed by atoms with Crippen LogP contribution in [0, 0.1) is 34.4 Å². The standard InChI is InChI=1S/C13H22N2O2/c1-5-13(4,8-16-9-14)7-12(17-10-15)6-11(2)3/h11-12H,5-8H2,1-4H3. The number of nitriles is 2. The molecule has 2 unspecified atom stereocenters. The minimum atomic E-state index is -0.119. The van der Waals surface area contributed by atoms with Gasteiger partial charge in [0.1, 0.15) is 12.7 Å². The zero-order valence-corrected chi connectivity index (χ0v) is 11.2. The van der Waals surface area contributed by atoms with Gasteiger partial charge < -0.3 is 9.47 Å². The fourth-order valence-electron chi connectivity index (χ4n) is 1.83. The van der Waals surface area contributed by atoms with E-state index in [0.717, 1.165) is 19.3 Å². The van der Waals surface area contributed by atoms with Crippen LogP contribution < -0.4 is 0 Å². The maximum Gasteiger partial charge on any atom is 0.286 e. The van der Waals surface area contributed by atoms with Gasteiger partial charge in [0.2, 0.25) is 0 Å². The molecule has 2 atom stereocenters. The number of rotatable bonds is 8. The third-order valence-corrected chi connectivity index (χ3v) is 3.01. The summed E-state index contributed by atoms with van der Waals surface area (Å²) in [7, 11) is 0. The molecule has 4 nitrogen and oxygen atoms in total. The average Bonchev–Trinajstić information content (AvgIpc) is 2.26. The first-order valence-electron chi connectivity index (χ1n) is 6.03. The Hall–Kier alpha value is -1.42. The van der Waals surface area contributed by atoms with Crippen molar-refractivity contribution in [2.45, 2.75) is 53.1 Å². The summed E-state index contributed by atoms with van der Waals surface area (Å²) in [5, 5.41) is 17.1. The largest absolute Gasteiger partial charge is 0.427 e. The lowest BCUT2D eigenvalue weighted by Crippen LogP contribution is -2.29. The van der Waals surface area contributed by atoms with E-state index in [9.17, 15) is 0 Å². The van der Waals surface area contributed by atoms with Crippen molar-refractivity contribution in [1.29, 1.82) is 10.5 Å². The van der Waals surface area contributed by atoms with Crippen LogP contribution in [0.4, 0.5) is 0 Å². The molecular weight excluding hydrogens is 216 g/mol. The highest BCUT2D eigenvalue weighted by atomic mass is 16.5. The highest BCUT2D eigenvalue weighted by Gasteiger charge is 2.29. The second kappa shape index (κ2) is 7.79. The van der Waals surface area contributed by atoms with Crippen LogP contribution in [0.2, 0.25) is 0 Å². The van der Waals surface area contributed by atoms with Gasteiger partial charge in [0.05, 0.1) is 0 Å². The molecule has 0 aliphatic heterocycles. The van der Waals surface area contributed by atoms with E-state index in [-0.39, 0.29) is 11.5 Å². The lowest BCUT2D eigenvalue weighted by atomic mass is 9.81. The Labute approximate surface area is 104 Å². The molecule has 0 rings (SSSR count). The van der Waals surface area contributed by atoms with Gasteiger partial charge in [-0.2, -0.15) is 10.5 Å². The summed E-state index contributed by atoms with van der Waals surface area (Å²) in [6, 6.07) is 0. The lowest BCUT2D eigenvalue weighted by molar-refractivity contribution is 0.0436. The average molecular weight is 238 g/mol. The van der Waals surface area contributed by atoms with E-state index >= 15 is 0 Å². The molecule has 0 saturated heterocycles. The predicted octanol–water partition coefficient (Wildman–Crippen LogP) is 3.20. The van der Waals surface area contributed by atoms with Gasteiger partial charge in [0.25, 0.3) is 12.5 Å². The van der Waals surface area contributed by atoms with Crippen molar-refractivity contribution in [2.24, 2.45) is 11.3 Å². The van der Waals surface area contributed by atoms with Gasteiger partial charge in [-0.25, -0.2) is 0 Å². The quantitative estimate of drug-likeness (QED) is 0.609. The minimum absolute atomic E-state index is 0.0905. The monoisotopic (exact) mass is 238 g/mol. The molecule has 0 aliphatic rings. The van der Waals surface area contributed by atoms with Gasteiger partial charge >= 0.3 is 0 Å². The molecule has 0 radical (unpaired) electrons. The highest BCUT2D eigenvalue weighted by Crippen LogP contribution is 2.30. The molecule has 0 fully saturated rings. The molecule has 0 aromatic rings. The van der Waals surface area contributed by atoms with Crippen LogP contribution in [0.1, 0.15) is 47.0 Å². The van der Waals surface area contributed by atoms with E-state index in [1.165, 1.54) is 0 Å². The second-order valence-corrected chi connectivity index (χ2v) is 5.21. The fraction of sp³-hybridized carbons (Fsp3) is 0.846. The minimum Gasteiger partial charge on any atom is -0.427 e. The molecule has 0 aliphatic carbocycles. The maximum absolute atomic E-state index is 8.64. The third-order valence-electron chi connectivity index (χ3n) is 3.01. The summed E-state index contributed by atoms with van der Waals surface area (Å²) in [5.41, 5.74) is -0.119. The summed E-state index contributed by atoms with van der Waals surface area (Å²) >= 11 is 0. The topological polar surface area (TPSA) is 66.0 Å². The molecule has 0 N–H and O–H groups in total. The molecule has 0 saturated carbocycles. The molecular formula is C13H22N2O2. The van der Waals surface area contributed by atoms with Gasteiger partial charge in [-0.05, 0) is 25.2 Å². The van der Waals surface area contributed by atoms with E-state index in [1.807, 2.05) is 0 Å². The summed E-state index contributed by atoms with van der Waals surface area (Å²) in [6.07, 6.45) is 5.84. The molecule has 0 spiro atoms. The summed E-state index contributed by atoms with van der Waals surface area (Å²) in [6.45, 7) is 8.69. The van der Waals surface area contributed by atoms with Gasteiger partial charge in [-0.15, -0.1) is 0 Å². The Morgan fingerprint density at radius 1 is 1.24 bits per heavy atom. The molecule has 0 heterocycles. The smallest absolute Gasteiger partial charge is 0.286 e. The Kier molecular flexibility index (Phi) is 7.14. The number of hydrogen-bond donors (Lipinski definition) is 0. The van der Waals surface area contributed by atoms with Crippen molar-refractivity contribution >= 4 is 0 Å². The first-order valence-corrected chi connectivity index (χ1v) is 6.03. The highest BCUT2D eigenvalue weighted by molar-refractivity contribution is 4.80. The summed E-state index contributed by atoms with van der Waals surface area (Å²) in [4.78, 5) is 0. The zero-order valence-electron chi connectivity index (χ0n) is 11.2. The number of hydrogen-bond acceptors (Lipinski definition) is 4. The van der Waals surface area contributed by atoms with Gasteiger partial charge in [0, 0.05) is 5.41 Å². The van der Waals surface area contributed by atoms with Crippen LogP contribution in [0.3, 0.4) is 0 Å². The predicted molar refractivity (Wildman–Crippen MR) is 64.5 cm³/mol. The first kappa shape index (κ1) is 15.6. The summed E-state index contributed by atoms with van der Waals surface area (Å²) in [5.74, 6) is 0.478. The van der Waals surface area contributed by atoms with Gasteiger partial charge in [-0.1, -0.05) is 27.7 Å². The van der Waals surface area contributed by atoms with Crippen LogP contribution in [0.15, 0.2) is 0 Å². The van der Waals surface area contributed by atoms with E-state index < -0.39 is 0 Å². The van der Waals surface area contributed by atoms with Crippen LogP contribution in [-0.4, -0.2) is 12.7 Å². The van der Waals surface area contributed by atoms with Crippen LogP contribution in [-0.2, 0) is 9.47 Å². The number of nitrogens with zero attached hydrogens (tertiary/aromatic N) is 2. The van der Waals surface area contributed by atoms with E-state index in [1.54, 1.807) is 12.5 Å². The second-order valence-electron chi connectivity index (χ2n) is 5.21. The molecule has 0 aromatic carbocycles. The van der Waals surface area contributed by atoms with Gasteiger partial charge in [-0.3, -0.25) is 0 Å². The Morgan fingerprint density at radius 3 is 2.29 bits per heavy atom. The molecule has 17 heavy (non-hydrogen) atoms. The van der Waals surface area contributed by atoms with Crippen LogP contribution in [0.25, 0.3) is 0 Å². The molecule has 0 aromatic heterocycles. The molecule has 0 bridgehead atoms. The SMILES string of the molecule is CCC(C)(COC#N)CC(CC(C)C)OC#N. The molecule has 96 valence electrons. The first-order chi connectivity index (χ1) is 7.97. The van der Waals surface area contributed by atoms with Crippen molar-refractivity contribution < 1.29 is 9.47 Å². The van der Waals surface area contributed by atoms with E-state index in [2.05, 4.69) is 27.7 Å². The van der Waals surface area contributed by atoms with E-state index in [4.69, 9.17) is 20.0 Å². The lowest BCUT2D eigenvalue weighted by Gasteiger charge is -2.30. The normalized spacial score (nSPS) is 15.5. The fourth-order valence-corrected chi connectivity index (χ4v) is 1.83. The van der Waals surface area contributed by atoms with Gasteiger partial charge in [0.15, 0.2) is 0 Å².